The summed E-state index contributed by atoms with van der Waals surface area (Å²) in [5.41, 5.74) is -6.94. The summed E-state index contributed by atoms with van der Waals surface area (Å²) in [4.78, 5) is 54.3. The SMILES string of the molecule is CNC(C)C(O)C(=O)OC1CC2(O)C(OC(=O)c3ccccc3)C3C4(OC(C)=O)COC4CC(O)[C@@]3(C)C(=O)C(O)C(=C1C)C2(C)C. The molecule has 1 aliphatic heterocycles. The van der Waals surface area contributed by atoms with Crippen LogP contribution in [-0.4, -0.2) is 112 Å². The van der Waals surface area contributed by atoms with Crippen LogP contribution in [0, 0.1) is 16.7 Å². The molecule has 1 aromatic rings. The van der Waals surface area contributed by atoms with Gasteiger partial charge in [0.2, 0.25) is 0 Å². The van der Waals surface area contributed by atoms with Crippen LogP contribution >= 0.6 is 0 Å². The molecule has 0 spiro atoms. The van der Waals surface area contributed by atoms with E-state index in [4.69, 9.17) is 18.9 Å². The Morgan fingerprint density at radius 1 is 1.09 bits per heavy atom. The van der Waals surface area contributed by atoms with Crippen molar-refractivity contribution in [3.63, 3.8) is 0 Å². The number of carbonyl (C=O) groups excluding carboxylic acids is 4. The number of rotatable bonds is 7. The maximum atomic E-state index is 14.7. The molecule has 10 unspecified atom stereocenters. The molecule has 258 valence electrons. The monoisotopic (exact) mass is 659 g/mol. The van der Waals surface area contributed by atoms with Crippen LogP contribution < -0.4 is 5.32 Å². The fourth-order valence-electron chi connectivity index (χ4n) is 8.35. The van der Waals surface area contributed by atoms with Gasteiger partial charge in [-0.25, -0.2) is 9.59 Å². The second-order valence-electron chi connectivity index (χ2n) is 14.1. The number of hydrogen-bond donors (Lipinski definition) is 5. The lowest BCUT2D eigenvalue weighted by Crippen LogP contribution is -2.81. The van der Waals surface area contributed by atoms with Crippen LogP contribution in [-0.2, 0) is 33.3 Å². The second-order valence-corrected chi connectivity index (χ2v) is 14.1. The zero-order valence-corrected chi connectivity index (χ0v) is 27.7. The van der Waals surface area contributed by atoms with Crippen molar-refractivity contribution in [2.45, 2.75) is 108 Å². The predicted octanol–water partition coefficient (Wildman–Crippen LogP) is 0.602. The topological polar surface area (TPSA) is 198 Å². The summed E-state index contributed by atoms with van der Waals surface area (Å²) in [6.45, 7) is 8.63. The summed E-state index contributed by atoms with van der Waals surface area (Å²) in [5, 5.41) is 50.1. The number of carbonyl (C=O) groups is 4. The van der Waals surface area contributed by atoms with Gasteiger partial charge in [0.15, 0.2) is 17.5 Å². The molecule has 5 N–H and O–H groups in total. The van der Waals surface area contributed by atoms with E-state index in [9.17, 15) is 39.6 Å². The highest BCUT2D eigenvalue weighted by Crippen LogP contribution is 2.64. The molecule has 4 aliphatic rings. The average Bonchev–Trinajstić information content (AvgIpc) is 3.02. The molecule has 2 bridgehead atoms. The summed E-state index contributed by atoms with van der Waals surface area (Å²) < 4.78 is 23.7. The molecule has 3 fully saturated rings. The Labute approximate surface area is 273 Å². The molecular weight excluding hydrogens is 614 g/mol. The predicted molar refractivity (Wildman–Crippen MR) is 164 cm³/mol. The number of fused-ring (bicyclic) bond motifs is 5. The van der Waals surface area contributed by atoms with Crippen LogP contribution in [0.15, 0.2) is 41.5 Å². The van der Waals surface area contributed by atoms with E-state index in [0.717, 1.165) is 0 Å². The van der Waals surface area contributed by atoms with Gasteiger partial charge >= 0.3 is 17.9 Å². The van der Waals surface area contributed by atoms with Crippen molar-refractivity contribution in [1.82, 2.24) is 5.32 Å². The van der Waals surface area contributed by atoms with Crippen molar-refractivity contribution in [3.05, 3.63) is 47.0 Å². The van der Waals surface area contributed by atoms with E-state index < -0.39 is 101 Å². The van der Waals surface area contributed by atoms with Gasteiger partial charge in [-0.2, -0.15) is 0 Å². The third-order valence-electron chi connectivity index (χ3n) is 11.3. The first-order valence-electron chi connectivity index (χ1n) is 15.9. The van der Waals surface area contributed by atoms with Crippen LogP contribution in [0.3, 0.4) is 0 Å². The lowest BCUT2D eigenvalue weighted by atomic mass is 9.44. The highest BCUT2D eigenvalue weighted by molar-refractivity contribution is 5.94. The minimum absolute atomic E-state index is 0.0198. The maximum Gasteiger partial charge on any atom is 0.338 e. The number of ether oxygens (including phenoxy) is 4. The van der Waals surface area contributed by atoms with Crippen molar-refractivity contribution in [2.24, 2.45) is 16.7 Å². The first-order valence-corrected chi connectivity index (χ1v) is 15.9. The smallest absolute Gasteiger partial charge is 0.338 e. The zero-order valence-electron chi connectivity index (χ0n) is 27.7. The van der Waals surface area contributed by atoms with Gasteiger partial charge in [-0.1, -0.05) is 32.0 Å². The van der Waals surface area contributed by atoms with Crippen LogP contribution in [0.2, 0.25) is 0 Å². The third kappa shape index (κ3) is 5.13. The molecule has 2 saturated carbocycles. The zero-order chi connectivity index (χ0) is 34.9. The van der Waals surface area contributed by atoms with Gasteiger partial charge in [-0.15, -0.1) is 0 Å². The Bertz CT molecular complexity index is 1480. The van der Waals surface area contributed by atoms with E-state index in [1.54, 1.807) is 52.9 Å². The van der Waals surface area contributed by atoms with Crippen LogP contribution in [0.1, 0.15) is 64.7 Å². The molecule has 13 nitrogen and oxygen atoms in total. The fourth-order valence-corrected chi connectivity index (χ4v) is 8.35. The second kappa shape index (κ2) is 12.0. The van der Waals surface area contributed by atoms with Gasteiger partial charge in [-0.05, 0) is 51.1 Å². The molecule has 11 atom stereocenters. The highest BCUT2D eigenvalue weighted by atomic mass is 16.6. The summed E-state index contributed by atoms with van der Waals surface area (Å²) in [6.07, 6.45) is -9.44. The van der Waals surface area contributed by atoms with E-state index in [1.165, 1.54) is 26.0 Å². The van der Waals surface area contributed by atoms with E-state index in [2.05, 4.69) is 5.32 Å². The van der Waals surface area contributed by atoms with E-state index in [1.807, 2.05) is 0 Å². The number of ketones is 1. The van der Waals surface area contributed by atoms with E-state index in [-0.39, 0.29) is 29.7 Å². The first-order chi connectivity index (χ1) is 21.9. The molecule has 5 rings (SSSR count). The molecule has 13 heteroatoms. The van der Waals surface area contributed by atoms with Crippen molar-refractivity contribution < 1.29 is 58.6 Å². The van der Waals surface area contributed by atoms with Crippen LogP contribution in [0.4, 0.5) is 0 Å². The fraction of sp³-hybridized carbons (Fsp3) is 0.647. The Kier molecular flexibility index (Phi) is 9.00. The molecule has 0 amide bonds. The standard InChI is InChI=1S/C34H45NO12/c1-16-20(45-30(42)24(38)17(2)35-7)14-34(43)28(46-29(41)19-11-9-8-10-12-19)26-32(6,27(40)25(39)23(16)31(34,4)5)21(37)13-22-33(26,15-44-22)47-18(3)36/h8-12,17,20-22,24-26,28,35,37-39,43H,13-15H2,1-7H3/t17?,20?,21?,22?,24?,25?,26?,28?,32-,33?,34?/m1/s1. The van der Waals surface area contributed by atoms with Gasteiger partial charge in [0, 0.05) is 31.2 Å². The maximum absolute atomic E-state index is 14.7. The number of Topliss-reactive ketones (excluding diaryl/α,β-unsaturated/α-hetero) is 1. The number of nitrogens with one attached hydrogen (secondary N) is 1. The number of esters is 3. The van der Waals surface area contributed by atoms with Gasteiger partial charge in [0.1, 0.15) is 30.0 Å². The van der Waals surface area contributed by atoms with E-state index >= 15 is 0 Å². The van der Waals surface area contributed by atoms with Crippen molar-refractivity contribution >= 4 is 23.7 Å². The number of aliphatic hydroxyl groups excluding tert-OH is 3. The van der Waals surface area contributed by atoms with Crippen molar-refractivity contribution in [2.75, 3.05) is 13.7 Å². The molecule has 1 heterocycles. The Morgan fingerprint density at radius 3 is 2.28 bits per heavy atom. The van der Waals surface area contributed by atoms with Gasteiger partial charge in [0.25, 0.3) is 0 Å². The molecule has 1 aromatic carbocycles. The minimum Gasteiger partial charge on any atom is -0.456 e. The summed E-state index contributed by atoms with van der Waals surface area (Å²) in [7, 11) is 1.55. The van der Waals surface area contributed by atoms with Crippen molar-refractivity contribution in [3.8, 4) is 0 Å². The Hall–Kier alpha value is -3.20. The summed E-state index contributed by atoms with van der Waals surface area (Å²) in [5.74, 6) is -4.91. The molecule has 0 aromatic heterocycles. The van der Waals surface area contributed by atoms with Crippen LogP contribution in [0.25, 0.3) is 0 Å². The lowest BCUT2D eigenvalue weighted by Gasteiger charge is -2.67. The number of likely N-dealkylation sites (N-methyl/N-ethyl adjacent to an activating group) is 1. The summed E-state index contributed by atoms with van der Waals surface area (Å²) in [6, 6.07) is 7.26. The summed E-state index contributed by atoms with van der Waals surface area (Å²) >= 11 is 0. The molecule has 0 radical (unpaired) electrons. The number of benzene rings is 1. The number of hydrogen-bond acceptors (Lipinski definition) is 13. The lowest BCUT2D eigenvalue weighted by molar-refractivity contribution is -0.346. The van der Waals surface area contributed by atoms with Crippen LogP contribution in [0.5, 0.6) is 0 Å². The molecule has 3 aliphatic carbocycles. The average molecular weight is 660 g/mol. The largest absolute Gasteiger partial charge is 0.456 e. The van der Waals surface area contributed by atoms with Gasteiger partial charge < -0.3 is 44.7 Å². The molecular formula is C34H45NO12. The molecule has 1 saturated heterocycles. The normalized spacial score (nSPS) is 38.7. The highest BCUT2D eigenvalue weighted by Gasteiger charge is 2.78. The van der Waals surface area contributed by atoms with Crippen molar-refractivity contribution in [1.29, 1.82) is 0 Å². The quantitative estimate of drug-likeness (QED) is 0.155. The molecule has 47 heavy (non-hydrogen) atoms. The first kappa shape index (κ1) is 35.1. The Balaban J connectivity index is 1.77. The van der Waals surface area contributed by atoms with Gasteiger partial charge in [0.05, 0.1) is 29.6 Å². The Morgan fingerprint density at radius 2 is 1.72 bits per heavy atom. The third-order valence-corrected chi connectivity index (χ3v) is 11.3. The van der Waals surface area contributed by atoms with Gasteiger partial charge in [-0.3, -0.25) is 9.59 Å². The van der Waals surface area contributed by atoms with E-state index in [0.29, 0.717) is 0 Å². The minimum atomic E-state index is -2.23. The number of aliphatic hydroxyl groups is 4.